The molecule has 0 radical (unpaired) electrons. The van der Waals surface area contributed by atoms with Crippen molar-refractivity contribution in [2.45, 2.75) is 25.8 Å². The predicted octanol–water partition coefficient (Wildman–Crippen LogP) is 3.18. The molecule has 0 bridgehead atoms. The number of anilines is 2. The SMILES string of the molecule is CNc1cc(N2CCCC2CNC/C(C)=C/c2ccccc2)ncn1. The fraction of sp³-hybridized carbons (Fsp3) is 0.400. The van der Waals surface area contributed by atoms with Crippen LogP contribution in [0.3, 0.4) is 0 Å². The molecule has 132 valence electrons. The molecule has 1 aromatic carbocycles. The maximum atomic E-state index is 4.45. The molecule has 1 saturated heterocycles. The highest BCUT2D eigenvalue weighted by Gasteiger charge is 2.25. The Hall–Kier alpha value is -2.40. The Morgan fingerprint density at radius 2 is 2.12 bits per heavy atom. The van der Waals surface area contributed by atoms with E-state index in [1.165, 1.54) is 24.0 Å². The van der Waals surface area contributed by atoms with Gasteiger partial charge in [0, 0.05) is 38.8 Å². The summed E-state index contributed by atoms with van der Waals surface area (Å²) in [5.41, 5.74) is 2.60. The lowest BCUT2D eigenvalue weighted by Crippen LogP contribution is -2.39. The van der Waals surface area contributed by atoms with E-state index >= 15 is 0 Å². The molecule has 3 rings (SSSR count). The van der Waals surface area contributed by atoms with E-state index in [1.54, 1.807) is 6.33 Å². The van der Waals surface area contributed by atoms with Gasteiger partial charge in [-0.15, -0.1) is 0 Å². The number of aromatic nitrogens is 2. The van der Waals surface area contributed by atoms with E-state index in [0.29, 0.717) is 6.04 Å². The van der Waals surface area contributed by atoms with Crippen LogP contribution in [-0.2, 0) is 0 Å². The summed E-state index contributed by atoms with van der Waals surface area (Å²) >= 11 is 0. The van der Waals surface area contributed by atoms with Crippen LogP contribution in [0.2, 0.25) is 0 Å². The van der Waals surface area contributed by atoms with Gasteiger partial charge in [0.05, 0.1) is 0 Å². The summed E-state index contributed by atoms with van der Waals surface area (Å²) < 4.78 is 0. The second kappa shape index (κ2) is 8.62. The Kier molecular flexibility index (Phi) is 6.01. The van der Waals surface area contributed by atoms with Crippen molar-refractivity contribution in [2.75, 3.05) is 36.9 Å². The third-order valence-corrected chi connectivity index (χ3v) is 4.58. The molecule has 0 amide bonds. The zero-order valence-corrected chi connectivity index (χ0v) is 15.1. The highest BCUT2D eigenvalue weighted by molar-refractivity contribution is 5.52. The lowest BCUT2D eigenvalue weighted by molar-refractivity contribution is 0.590. The van der Waals surface area contributed by atoms with Crippen molar-refractivity contribution in [3.63, 3.8) is 0 Å². The summed E-state index contributed by atoms with van der Waals surface area (Å²) in [5, 5.41) is 6.69. The molecule has 1 atom stereocenters. The number of rotatable bonds is 7. The summed E-state index contributed by atoms with van der Waals surface area (Å²) in [4.78, 5) is 11.1. The van der Waals surface area contributed by atoms with Crippen molar-refractivity contribution in [1.29, 1.82) is 0 Å². The molecule has 5 nitrogen and oxygen atoms in total. The fourth-order valence-electron chi connectivity index (χ4n) is 3.31. The number of benzene rings is 1. The normalized spacial score (nSPS) is 17.8. The second-order valence-corrected chi connectivity index (χ2v) is 6.53. The quantitative estimate of drug-likeness (QED) is 0.813. The molecule has 2 N–H and O–H groups in total. The van der Waals surface area contributed by atoms with Gasteiger partial charge in [0.1, 0.15) is 18.0 Å². The molecule has 1 aliphatic rings. The van der Waals surface area contributed by atoms with Crippen LogP contribution in [0.1, 0.15) is 25.3 Å². The minimum absolute atomic E-state index is 0.490. The Morgan fingerprint density at radius 1 is 1.28 bits per heavy atom. The summed E-state index contributed by atoms with van der Waals surface area (Å²) in [7, 11) is 1.89. The van der Waals surface area contributed by atoms with E-state index in [9.17, 15) is 0 Å². The van der Waals surface area contributed by atoms with Crippen LogP contribution in [0.5, 0.6) is 0 Å². The molecule has 1 aliphatic heterocycles. The largest absolute Gasteiger partial charge is 0.373 e. The van der Waals surface area contributed by atoms with Crippen LogP contribution in [0.25, 0.3) is 6.08 Å². The summed E-state index contributed by atoms with van der Waals surface area (Å²) in [6.45, 7) is 5.12. The van der Waals surface area contributed by atoms with Crippen LogP contribution in [0, 0.1) is 0 Å². The average Bonchev–Trinajstić information content (AvgIpc) is 3.11. The van der Waals surface area contributed by atoms with Gasteiger partial charge in [-0.1, -0.05) is 42.0 Å². The van der Waals surface area contributed by atoms with Crippen LogP contribution < -0.4 is 15.5 Å². The Morgan fingerprint density at radius 3 is 2.92 bits per heavy atom. The van der Waals surface area contributed by atoms with Gasteiger partial charge in [-0.2, -0.15) is 0 Å². The fourth-order valence-corrected chi connectivity index (χ4v) is 3.31. The lowest BCUT2D eigenvalue weighted by Gasteiger charge is -2.26. The number of hydrogen-bond acceptors (Lipinski definition) is 5. The zero-order valence-electron chi connectivity index (χ0n) is 15.1. The summed E-state index contributed by atoms with van der Waals surface area (Å²) in [6.07, 6.45) is 6.29. The first-order chi connectivity index (χ1) is 12.3. The van der Waals surface area contributed by atoms with Crippen LogP contribution in [0.15, 0.2) is 48.3 Å². The molecule has 1 aromatic heterocycles. The first kappa shape index (κ1) is 17.4. The van der Waals surface area contributed by atoms with Gasteiger partial charge in [-0.25, -0.2) is 9.97 Å². The van der Waals surface area contributed by atoms with Gasteiger partial charge in [-0.05, 0) is 25.3 Å². The Labute approximate surface area is 150 Å². The van der Waals surface area contributed by atoms with Gasteiger partial charge in [0.15, 0.2) is 0 Å². The van der Waals surface area contributed by atoms with Gasteiger partial charge >= 0.3 is 0 Å². The summed E-state index contributed by atoms with van der Waals surface area (Å²) in [6, 6.07) is 13.0. The van der Waals surface area contributed by atoms with Crippen molar-refractivity contribution in [2.24, 2.45) is 0 Å². The number of nitrogens with one attached hydrogen (secondary N) is 2. The maximum Gasteiger partial charge on any atom is 0.134 e. The molecule has 1 fully saturated rings. The number of hydrogen-bond donors (Lipinski definition) is 2. The first-order valence-electron chi connectivity index (χ1n) is 8.95. The third kappa shape index (κ3) is 4.79. The predicted molar refractivity (Wildman–Crippen MR) is 105 cm³/mol. The molecule has 1 unspecified atom stereocenters. The van der Waals surface area contributed by atoms with E-state index in [-0.39, 0.29) is 0 Å². The van der Waals surface area contributed by atoms with Crippen LogP contribution in [-0.4, -0.2) is 42.7 Å². The monoisotopic (exact) mass is 337 g/mol. The molecule has 0 aliphatic carbocycles. The highest BCUT2D eigenvalue weighted by atomic mass is 15.2. The van der Waals surface area contributed by atoms with E-state index in [0.717, 1.165) is 31.3 Å². The topological polar surface area (TPSA) is 53.1 Å². The minimum Gasteiger partial charge on any atom is -0.373 e. The van der Waals surface area contributed by atoms with Gasteiger partial charge < -0.3 is 15.5 Å². The molecule has 2 aromatic rings. The Balaban J connectivity index is 1.54. The van der Waals surface area contributed by atoms with E-state index in [1.807, 2.05) is 19.2 Å². The maximum absolute atomic E-state index is 4.45. The van der Waals surface area contributed by atoms with E-state index < -0.39 is 0 Å². The molecule has 0 spiro atoms. The smallest absolute Gasteiger partial charge is 0.134 e. The van der Waals surface area contributed by atoms with Gasteiger partial charge in [0.2, 0.25) is 0 Å². The van der Waals surface area contributed by atoms with Gasteiger partial charge in [0.25, 0.3) is 0 Å². The number of nitrogens with zero attached hydrogens (tertiary/aromatic N) is 3. The molecule has 25 heavy (non-hydrogen) atoms. The van der Waals surface area contributed by atoms with E-state index in [2.05, 4.69) is 62.8 Å². The van der Waals surface area contributed by atoms with Crippen molar-refractivity contribution in [3.8, 4) is 0 Å². The van der Waals surface area contributed by atoms with Gasteiger partial charge in [-0.3, -0.25) is 0 Å². The third-order valence-electron chi connectivity index (χ3n) is 4.58. The van der Waals surface area contributed by atoms with E-state index in [4.69, 9.17) is 0 Å². The standard InChI is InChI=1S/C20H27N5/c1-16(11-17-7-4-3-5-8-17)13-22-14-18-9-6-10-25(18)20-12-19(21-2)23-15-24-20/h3-5,7-8,11-12,15,18,22H,6,9-10,13-14H2,1-2H3,(H,21,23,24)/b16-11+. The van der Waals surface area contributed by atoms with Crippen molar-refractivity contribution in [1.82, 2.24) is 15.3 Å². The lowest BCUT2D eigenvalue weighted by atomic mass is 10.1. The van der Waals surface area contributed by atoms with Crippen LogP contribution in [0.4, 0.5) is 11.6 Å². The summed E-state index contributed by atoms with van der Waals surface area (Å²) in [5.74, 6) is 1.88. The van der Waals surface area contributed by atoms with Crippen molar-refractivity contribution in [3.05, 3.63) is 53.9 Å². The molecular formula is C20H27N5. The average molecular weight is 337 g/mol. The second-order valence-electron chi connectivity index (χ2n) is 6.53. The molecular weight excluding hydrogens is 310 g/mol. The highest BCUT2D eigenvalue weighted by Crippen LogP contribution is 2.24. The minimum atomic E-state index is 0.490. The molecule has 5 heteroatoms. The Bertz CT molecular complexity index is 698. The zero-order chi connectivity index (χ0) is 17.5. The van der Waals surface area contributed by atoms with Crippen LogP contribution >= 0.6 is 0 Å². The molecule has 0 saturated carbocycles. The first-order valence-corrected chi connectivity index (χ1v) is 8.95. The van der Waals surface area contributed by atoms with Crippen molar-refractivity contribution < 1.29 is 0 Å². The van der Waals surface area contributed by atoms with Crippen molar-refractivity contribution >= 4 is 17.7 Å². The molecule has 2 heterocycles.